The number of fused-ring (bicyclic) bond motifs is 2. The van der Waals surface area contributed by atoms with Gasteiger partial charge in [-0.3, -0.25) is 19.8 Å². The van der Waals surface area contributed by atoms with Gasteiger partial charge in [0.1, 0.15) is 5.69 Å². The molecule has 2 heterocycles. The van der Waals surface area contributed by atoms with E-state index in [2.05, 4.69) is 10.4 Å². The number of pyridine rings is 1. The molecule has 4 aromatic rings. The quantitative estimate of drug-likeness (QED) is 0.549. The first kappa shape index (κ1) is 17.5. The Bertz CT molecular complexity index is 1440. The van der Waals surface area contributed by atoms with E-state index in [1.54, 1.807) is 55.5 Å². The van der Waals surface area contributed by atoms with Crippen molar-refractivity contribution < 1.29 is 4.79 Å². The number of carbonyl (C=O) groups is 1. The molecule has 8 nitrogen and oxygen atoms in total. The first-order valence-electron chi connectivity index (χ1n) is 8.54. The summed E-state index contributed by atoms with van der Waals surface area (Å²) in [6.07, 6.45) is 0. The lowest BCUT2D eigenvalue weighted by Crippen LogP contribution is -2.44. The highest BCUT2D eigenvalue weighted by molar-refractivity contribution is 6.03. The van der Waals surface area contributed by atoms with Gasteiger partial charge in [-0.2, -0.15) is 4.68 Å². The number of hydrogen-bond acceptors (Lipinski definition) is 4. The van der Waals surface area contributed by atoms with Crippen LogP contribution in [0.3, 0.4) is 0 Å². The summed E-state index contributed by atoms with van der Waals surface area (Å²) in [5.41, 5.74) is 1.56. The van der Waals surface area contributed by atoms with Gasteiger partial charge < -0.3 is 9.55 Å². The van der Waals surface area contributed by atoms with E-state index in [4.69, 9.17) is 0 Å². The van der Waals surface area contributed by atoms with E-state index >= 15 is 0 Å². The van der Waals surface area contributed by atoms with Crippen LogP contribution in [0.4, 0.5) is 0 Å². The van der Waals surface area contributed by atoms with Crippen molar-refractivity contribution in [2.24, 2.45) is 7.05 Å². The summed E-state index contributed by atoms with van der Waals surface area (Å²) in [5, 5.41) is 1.38. The Balaban J connectivity index is 1.89. The molecule has 2 aromatic carbocycles. The molecule has 0 saturated carbocycles. The summed E-state index contributed by atoms with van der Waals surface area (Å²) in [7, 11) is 1.48. The third-order valence-corrected chi connectivity index (χ3v) is 4.79. The minimum Gasteiger partial charge on any atom is -0.306 e. The lowest BCUT2D eigenvalue weighted by molar-refractivity contribution is 0.0996. The molecular formula is C20H16N4O4. The predicted octanol–water partition coefficient (Wildman–Crippen LogP) is 1.23. The average Bonchev–Trinajstić information content (AvgIpc) is 2.69. The molecule has 2 aromatic heterocycles. The molecule has 0 saturated heterocycles. The van der Waals surface area contributed by atoms with Gasteiger partial charge in [0.15, 0.2) is 0 Å². The van der Waals surface area contributed by atoms with Gasteiger partial charge in [0, 0.05) is 12.4 Å². The number of H-pyrrole nitrogens is 1. The Kier molecular flexibility index (Phi) is 3.96. The van der Waals surface area contributed by atoms with E-state index in [0.29, 0.717) is 26.5 Å². The van der Waals surface area contributed by atoms with Crippen LogP contribution in [0, 0.1) is 6.92 Å². The third-order valence-electron chi connectivity index (χ3n) is 4.79. The maximum Gasteiger partial charge on any atom is 0.348 e. The highest BCUT2D eigenvalue weighted by atomic mass is 16.2. The van der Waals surface area contributed by atoms with E-state index in [1.807, 2.05) is 0 Å². The predicted molar refractivity (Wildman–Crippen MR) is 106 cm³/mol. The third kappa shape index (κ3) is 2.54. The molecule has 140 valence electrons. The Morgan fingerprint density at radius 3 is 2.21 bits per heavy atom. The molecule has 0 aliphatic heterocycles. The van der Waals surface area contributed by atoms with Crippen molar-refractivity contribution in [2.45, 2.75) is 6.92 Å². The van der Waals surface area contributed by atoms with Crippen molar-refractivity contribution in [2.75, 3.05) is 5.43 Å². The topological polar surface area (TPSA) is 106 Å². The molecule has 0 radical (unpaired) electrons. The van der Waals surface area contributed by atoms with Crippen LogP contribution in [-0.2, 0) is 7.05 Å². The number of para-hydroxylation sites is 1. The standard InChI is InChI=1S/C20H16N4O4/c1-11-12-7-3-4-8-13(12)18(26)23(2)16(11)17(25)22-24-19(27)14-9-5-6-10-15(14)21-20(24)28/h3-10H,1-2H3,(H,21,28)(H,22,25). The second kappa shape index (κ2) is 6.34. The van der Waals surface area contributed by atoms with Crippen LogP contribution in [0.15, 0.2) is 62.9 Å². The number of nitrogens with one attached hydrogen (secondary N) is 2. The average molecular weight is 376 g/mol. The zero-order chi connectivity index (χ0) is 20.0. The zero-order valence-corrected chi connectivity index (χ0v) is 15.1. The second-order valence-corrected chi connectivity index (χ2v) is 6.44. The largest absolute Gasteiger partial charge is 0.348 e. The van der Waals surface area contributed by atoms with Crippen LogP contribution in [0.25, 0.3) is 21.7 Å². The van der Waals surface area contributed by atoms with Gasteiger partial charge in [-0.1, -0.05) is 30.3 Å². The molecule has 0 spiro atoms. The number of carbonyl (C=O) groups excluding carboxylic acids is 1. The number of aromatic nitrogens is 3. The maximum atomic E-state index is 12.9. The van der Waals surface area contributed by atoms with Gasteiger partial charge in [-0.05, 0) is 36.1 Å². The summed E-state index contributed by atoms with van der Waals surface area (Å²) in [6.45, 7) is 1.71. The van der Waals surface area contributed by atoms with E-state index in [9.17, 15) is 19.2 Å². The summed E-state index contributed by atoms with van der Waals surface area (Å²) in [5.74, 6) is -0.731. The van der Waals surface area contributed by atoms with Crippen LogP contribution >= 0.6 is 0 Å². The maximum absolute atomic E-state index is 12.9. The van der Waals surface area contributed by atoms with Crippen LogP contribution in [-0.4, -0.2) is 20.1 Å². The fourth-order valence-electron chi connectivity index (χ4n) is 3.40. The number of benzene rings is 2. The van der Waals surface area contributed by atoms with E-state index in [1.165, 1.54) is 11.6 Å². The van der Waals surface area contributed by atoms with Crippen molar-refractivity contribution in [3.05, 3.63) is 91.0 Å². The van der Waals surface area contributed by atoms with E-state index in [-0.39, 0.29) is 16.6 Å². The number of amides is 1. The number of aromatic amines is 1. The molecule has 0 bridgehead atoms. The number of aryl methyl sites for hydroxylation is 1. The summed E-state index contributed by atoms with van der Waals surface area (Å²) < 4.78 is 1.83. The first-order valence-corrected chi connectivity index (χ1v) is 8.54. The Morgan fingerprint density at radius 2 is 1.50 bits per heavy atom. The van der Waals surface area contributed by atoms with Crippen LogP contribution in [0.2, 0.25) is 0 Å². The molecule has 0 unspecified atom stereocenters. The van der Waals surface area contributed by atoms with Gasteiger partial charge in [0.05, 0.1) is 10.9 Å². The number of rotatable bonds is 2. The molecule has 1 amide bonds. The zero-order valence-electron chi connectivity index (χ0n) is 15.1. The molecule has 2 N–H and O–H groups in total. The van der Waals surface area contributed by atoms with E-state index < -0.39 is 17.2 Å². The molecule has 8 heteroatoms. The summed E-state index contributed by atoms with van der Waals surface area (Å²) in [6, 6.07) is 13.4. The van der Waals surface area contributed by atoms with Gasteiger partial charge >= 0.3 is 5.69 Å². The van der Waals surface area contributed by atoms with Crippen molar-refractivity contribution in [1.82, 2.24) is 14.2 Å². The number of nitrogens with zero attached hydrogens (tertiary/aromatic N) is 2. The lowest BCUT2D eigenvalue weighted by atomic mass is 10.0. The minimum atomic E-state index is -0.777. The highest BCUT2D eigenvalue weighted by Gasteiger charge is 2.19. The fourth-order valence-corrected chi connectivity index (χ4v) is 3.40. The lowest BCUT2D eigenvalue weighted by Gasteiger charge is -2.15. The van der Waals surface area contributed by atoms with Gasteiger partial charge in [-0.25, -0.2) is 4.79 Å². The molecule has 0 aliphatic rings. The molecular weight excluding hydrogens is 360 g/mol. The molecule has 0 aliphatic carbocycles. The van der Waals surface area contributed by atoms with Gasteiger partial charge in [-0.15, -0.1) is 0 Å². The van der Waals surface area contributed by atoms with Crippen molar-refractivity contribution in [1.29, 1.82) is 0 Å². The molecule has 28 heavy (non-hydrogen) atoms. The molecule has 0 atom stereocenters. The SMILES string of the molecule is Cc1c(C(=O)Nn2c(=O)[nH]c3ccccc3c2=O)n(C)c(=O)c2ccccc12. The first-order chi connectivity index (χ1) is 13.4. The smallest absolute Gasteiger partial charge is 0.306 e. The molecule has 4 rings (SSSR count). The fraction of sp³-hybridized carbons (Fsp3) is 0.100. The van der Waals surface area contributed by atoms with Gasteiger partial charge in [0.25, 0.3) is 17.0 Å². The summed E-state index contributed by atoms with van der Waals surface area (Å²) in [4.78, 5) is 53.0. The van der Waals surface area contributed by atoms with Crippen molar-refractivity contribution >= 4 is 27.6 Å². The van der Waals surface area contributed by atoms with Crippen molar-refractivity contribution in [3.63, 3.8) is 0 Å². The minimum absolute atomic E-state index is 0.0724. The van der Waals surface area contributed by atoms with Crippen LogP contribution < -0.4 is 22.2 Å². The normalized spacial score (nSPS) is 11.1. The number of hydrogen-bond donors (Lipinski definition) is 2. The van der Waals surface area contributed by atoms with Gasteiger partial charge in [0.2, 0.25) is 0 Å². The highest BCUT2D eigenvalue weighted by Crippen LogP contribution is 2.18. The van der Waals surface area contributed by atoms with E-state index in [0.717, 1.165) is 0 Å². The monoisotopic (exact) mass is 376 g/mol. The Labute approximate surface area is 157 Å². The van der Waals surface area contributed by atoms with Crippen LogP contribution in [0.1, 0.15) is 16.1 Å². The summed E-state index contributed by atoms with van der Waals surface area (Å²) >= 11 is 0. The Morgan fingerprint density at radius 1 is 0.893 bits per heavy atom. The van der Waals surface area contributed by atoms with Crippen molar-refractivity contribution in [3.8, 4) is 0 Å². The second-order valence-electron chi connectivity index (χ2n) is 6.44. The Hall–Kier alpha value is -3.94. The van der Waals surface area contributed by atoms with Crippen LogP contribution in [0.5, 0.6) is 0 Å². The molecule has 0 fully saturated rings.